The first-order valence-corrected chi connectivity index (χ1v) is 7.83. The highest BCUT2D eigenvalue weighted by atomic mass is 16.5. The molecule has 0 radical (unpaired) electrons. The maximum Gasteiger partial charge on any atom is 0.414 e. The monoisotopic (exact) mass is 347 g/mol. The van der Waals surface area contributed by atoms with Crippen molar-refractivity contribution in [2.24, 2.45) is 0 Å². The Hall–Kier alpha value is -2.71. The van der Waals surface area contributed by atoms with Crippen LogP contribution in [-0.4, -0.2) is 63.6 Å². The molecule has 3 rings (SSSR count). The van der Waals surface area contributed by atoms with Crippen molar-refractivity contribution in [3.05, 3.63) is 41.6 Å². The fourth-order valence-electron chi connectivity index (χ4n) is 2.40. The number of aromatic nitrogens is 2. The van der Waals surface area contributed by atoms with Gasteiger partial charge < -0.3 is 14.9 Å². The molecule has 1 aromatic heterocycles. The Balaban J connectivity index is 0.000000326. The van der Waals surface area contributed by atoms with E-state index in [-0.39, 0.29) is 0 Å². The average Bonchev–Trinajstić information content (AvgIpc) is 3.05. The minimum Gasteiger partial charge on any atom is -0.473 e. The van der Waals surface area contributed by atoms with E-state index >= 15 is 0 Å². The summed E-state index contributed by atoms with van der Waals surface area (Å²) >= 11 is 0. The van der Waals surface area contributed by atoms with Crippen molar-refractivity contribution in [1.29, 1.82) is 0 Å². The molecule has 2 aromatic rings. The molecule has 1 aromatic carbocycles. The van der Waals surface area contributed by atoms with E-state index in [1.54, 1.807) is 0 Å². The standard InChI is InChI=1S/C15H19N3O.C2H2O4/c1-12-2-4-13(5-3-12)15-14(10-16-17-15)11-18-6-8-19-9-7-18;3-1(4)2(5)6/h2-5,10H,6-9,11H2,1H3,(H,16,17);(H,3,4)(H,5,6). The molecule has 1 saturated heterocycles. The SMILES string of the molecule is Cc1ccc(-c2[nH]ncc2CN2CCOCC2)cc1.O=C(O)C(=O)O. The van der Waals surface area contributed by atoms with Crippen molar-refractivity contribution in [3.63, 3.8) is 0 Å². The van der Waals surface area contributed by atoms with E-state index in [1.165, 1.54) is 16.7 Å². The molecular formula is C17H21N3O5. The number of nitrogens with zero attached hydrogens (tertiary/aromatic N) is 2. The zero-order chi connectivity index (χ0) is 18.2. The molecule has 1 aliphatic rings. The molecule has 1 aliphatic heterocycles. The summed E-state index contributed by atoms with van der Waals surface area (Å²) in [7, 11) is 0. The smallest absolute Gasteiger partial charge is 0.414 e. The third kappa shape index (κ3) is 5.70. The number of H-pyrrole nitrogens is 1. The van der Waals surface area contributed by atoms with Crippen LogP contribution in [0.15, 0.2) is 30.5 Å². The summed E-state index contributed by atoms with van der Waals surface area (Å²) in [6.07, 6.45) is 1.94. The highest BCUT2D eigenvalue weighted by Gasteiger charge is 2.14. The van der Waals surface area contributed by atoms with Gasteiger partial charge in [-0.2, -0.15) is 5.10 Å². The second-order valence-electron chi connectivity index (χ2n) is 5.64. The number of hydrogen-bond acceptors (Lipinski definition) is 5. The number of morpholine rings is 1. The number of rotatable bonds is 3. The number of nitrogens with one attached hydrogen (secondary N) is 1. The van der Waals surface area contributed by atoms with Crippen LogP contribution < -0.4 is 0 Å². The lowest BCUT2D eigenvalue weighted by molar-refractivity contribution is -0.159. The van der Waals surface area contributed by atoms with Crippen LogP contribution >= 0.6 is 0 Å². The van der Waals surface area contributed by atoms with E-state index in [4.69, 9.17) is 24.5 Å². The zero-order valence-electron chi connectivity index (χ0n) is 13.9. The average molecular weight is 347 g/mol. The molecule has 0 saturated carbocycles. The molecule has 0 bridgehead atoms. The number of aryl methyl sites for hydroxylation is 1. The van der Waals surface area contributed by atoms with Gasteiger partial charge in [0.1, 0.15) is 0 Å². The molecule has 1 fully saturated rings. The molecule has 0 amide bonds. The zero-order valence-corrected chi connectivity index (χ0v) is 13.9. The fraction of sp³-hybridized carbons (Fsp3) is 0.353. The van der Waals surface area contributed by atoms with Gasteiger partial charge in [-0.25, -0.2) is 9.59 Å². The lowest BCUT2D eigenvalue weighted by atomic mass is 10.1. The van der Waals surface area contributed by atoms with Gasteiger partial charge in [0.25, 0.3) is 0 Å². The fourth-order valence-corrected chi connectivity index (χ4v) is 2.40. The van der Waals surface area contributed by atoms with E-state index < -0.39 is 11.9 Å². The molecule has 3 N–H and O–H groups in total. The first-order valence-electron chi connectivity index (χ1n) is 7.83. The van der Waals surface area contributed by atoms with Gasteiger partial charge in [-0.15, -0.1) is 0 Å². The number of carbonyl (C=O) groups is 2. The first kappa shape index (κ1) is 18.6. The molecule has 0 aliphatic carbocycles. The van der Waals surface area contributed by atoms with Crippen LogP contribution in [0.3, 0.4) is 0 Å². The van der Waals surface area contributed by atoms with Crippen molar-refractivity contribution >= 4 is 11.9 Å². The number of carboxylic acids is 2. The van der Waals surface area contributed by atoms with E-state index in [0.29, 0.717) is 0 Å². The lowest BCUT2D eigenvalue weighted by Gasteiger charge is -2.26. The number of aromatic amines is 1. The highest BCUT2D eigenvalue weighted by Crippen LogP contribution is 2.22. The van der Waals surface area contributed by atoms with Crippen LogP contribution in [0.2, 0.25) is 0 Å². The van der Waals surface area contributed by atoms with Gasteiger partial charge in [0.05, 0.1) is 25.1 Å². The van der Waals surface area contributed by atoms with Gasteiger partial charge in [-0.05, 0) is 12.5 Å². The van der Waals surface area contributed by atoms with Gasteiger partial charge >= 0.3 is 11.9 Å². The molecule has 134 valence electrons. The largest absolute Gasteiger partial charge is 0.473 e. The molecule has 0 spiro atoms. The first-order chi connectivity index (χ1) is 12.0. The van der Waals surface area contributed by atoms with Crippen molar-refractivity contribution in [3.8, 4) is 11.3 Å². The normalized spacial score (nSPS) is 14.4. The summed E-state index contributed by atoms with van der Waals surface area (Å²) in [6.45, 7) is 6.70. The van der Waals surface area contributed by atoms with Crippen LogP contribution in [-0.2, 0) is 20.9 Å². The van der Waals surface area contributed by atoms with E-state index in [1.807, 2.05) is 6.20 Å². The Kier molecular flexibility index (Phi) is 6.67. The van der Waals surface area contributed by atoms with Crippen molar-refractivity contribution < 1.29 is 24.5 Å². The molecular weight excluding hydrogens is 326 g/mol. The van der Waals surface area contributed by atoms with Crippen molar-refractivity contribution in [2.45, 2.75) is 13.5 Å². The highest BCUT2D eigenvalue weighted by molar-refractivity contribution is 6.27. The predicted octanol–water partition coefficient (Wildman–Crippen LogP) is 1.37. The number of carboxylic acid groups (broad SMARTS) is 2. The van der Waals surface area contributed by atoms with Gasteiger partial charge in [0, 0.05) is 25.2 Å². The third-order valence-electron chi connectivity index (χ3n) is 3.74. The number of benzene rings is 1. The number of hydrogen-bond donors (Lipinski definition) is 3. The Morgan fingerprint density at radius 3 is 2.32 bits per heavy atom. The second-order valence-corrected chi connectivity index (χ2v) is 5.64. The van der Waals surface area contributed by atoms with Gasteiger partial charge in [0.2, 0.25) is 0 Å². The maximum atomic E-state index is 9.10. The van der Waals surface area contributed by atoms with Crippen molar-refractivity contribution in [1.82, 2.24) is 15.1 Å². The van der Waals surface area contributed by atoms with Crippen LogP contribution in [0, 0.1) is 6.92 Å². The Bertz CT molecular complexity index is 693. The Labute approximate surface area is 145 Å². The third-order valence-corrected chi connectivity index (χ3v) is 3.74. The minimum absolute atomic E-state index is 0.831. The molecule has 0 atom stereocenters. The molecule has 2 heterocycles. The summed E-state index contributed by atoms with van der Waals surface area (Å²) in [5, 5.41) is 22.1. The molecule has 8 heteroatoms. The molecule has 25 heavy (non-hydrogen) atoms. The topological polar surface area (TPSA) is 116 Å². The van der Waals surface area contributed by atoms with E-state index in [0.717, 1.165) is 38.5 Å². The summed E-state index contributed by atoms with van der Waals surface area (Å²) in [6, 6.07) is 8.56. The lowest BCUT2D eigenvalue weighted by Crippen LogP contribution is -2.35. The van der Waals surface area contributed by atoms with Gasteiger partial charge in [-0.3, -0.25) is 10.00 Å². The Morgan fingerprint density at radius 2 is 1.76 bits per heavy atom. The van der Waals surface area contributed by atoms with Crippen molar-refractivity contribution in [2.75, 3.05) is 26.3 Å². The van der Waals surface area contributed by atoms with Gasteiger partial charge in [0.15, 0.2) is 0 Å². The second kappa shape index (κ2) is 8.95. The van der Waals surface area contributed by atoms with Crippen LogP contribution in [0.1, 0.15) is 11.1 Å². The molecule has 8 nitrogen and oxygen atoms in total. The molecule has 0 unspecified atom stereocenters. The van der Waals surface area contributed by atoms with E-state index in [9.17, 15) is 0 Å². The summed E-state index contributed by atoms with van der Waals surface area (Å²) in [5.74, 6) is -3.65. The number of ether oxygens (including phenoxy) is 1. The predicted molar refractivity (Wildman–Crippen MR) is 90.1 cm³/mol. The van der Waals surface area contributed by atoms with Gasteiger partial charge in [-0.1, -0.05) is 29.8 Å². The summed E-state index contributed by atoms with van der Waals surface area (Å²) in [4.78, 5) is 20.6. The Morgan fingerprint density at radius 1 is 1.16 bits per heavy atom. The van der Waals surface area contributed by atoms with Crippen LogP contribution in [0.5, 0.6) is 0 Å². The summed E-state index contributed by atoms with van der Waals surface area (Å²) < 4.78 is 5.38. The van der Waals surface area contributed by atoms with Crippen LogP contribution in [0.4, 0.5) is 0 Å². The van der Waals surface area contributed by atoms with E-state index in [2.05, 4.69) is 46.3 Å². The quantitative estimate of drug-likeness (QED) is 0.718. The minimum atomic E-state index is -1.82. The summed E-state index contributed by atoms with van der Waals surface area (Å²) in [5.41, 5.74) is 4.86. The van der Waals surface area contributed by atoms with Crippen LogP contribution in [0.25, 0.3) is 11.3 Å². The number of aliphatic carboxylic acids is 2. The maximum absolute atomic E-state index is 9.10.